The maximum atomic E-state index is 13.2. The minimum absolute atomic E-state index is 0.230. The third kappa shape index (κ3) is 3.81. The summed E-state index contributed by atoms with van der Waals surface area (Å²) in [5, 5.41) is 0. The van der Waals surface area contributed by atoms with Crippen molar-refractivity contribution in [1.29, 1.82) is 0 Å². The lowest BCUT2D eigenvalue weighted by molar-refractivity contribution is 0.625. The van der Waals surface area contributed by atoms with Gasteiger partial charge in [0, 0.05) is 25.8 Å². The van der Waals surface area contributed by atoms with Gasteiger partial charge in [-0.1, -0.05) is 30.3 Å². The first kappa shape index (κ1) is 14.5. The third-order valence-electron chi connectivity index (χ3n) is 3.47. The molecule has 0 unspecified atom stereocenters. The minimum Gasteiger partial charge on any atom is -0.374 e. The van der Waals surface area contributed by atoms with Crippen LogP contribution < -0.4 is 10.6 Å². The fraction of sp³-hybridized carbons (Fsp3) is 0.294. The van der Waals surface area contributed by atoms with Gasteiger partial charge in [-0.15, -0.1) is 0 Å². The first-order valence-electron chi connectivity index (χ1n) is 6.94. The van der Waals surface area contributed by atoms with Crippen molar-refractivity contribution in [3.8, 4) is 0 Å². The van der Waals surface area contributed by atoms with Crippen LogP contribution in [0.2, 0.25) is 0 Å². The Bertz CT molecular complexity index is 540. The average Bonchev–Trinajstić information content (AvgIpc) is 2.48. The van der Waals surface area contributed by atoms with Crippen LogP contribution in [0.4, 0.5) is 10.1 Å². The van der Waals surface area contributed by atoms with E-state index in [2.05, 4.69) is 29.2 Å². The number of nitrogens with zero attached hydrogens (tertiary/aromatic N) is 1. The number of nitrogens with two attached hydrogens (primary N) is 1. The van der Waals surface area contributed by atoms with Gasteiger partial charge in [0.05, 0.1) is 0 Å². The highest BCUT2D eigenvalue weighted by Gasteiger charge is 2.07. The monoisotopic (exact) mass is 272 g/mol. The molecule has 0 aliphatic heterocycles. The van der Waals surface area contributed by atoms with E-state index in [9.17, 15) is 4.39 Å². The molecule has 0 fully saturated rings. The maximum absolute atomic E-state index is 13.2. The molecule has 20 heavy (non-hydrogen) atoms. The molecule has 3 heteroatoms. The Morgan fingerprint density at radius 1 is 1.10 bits per heavy atom. The van der Waals surface area contributed by atoms with Crippen LogP contribution in [-0.4, -0.2) is 13.6 Å². The molecule has 0 bridgehead atoms. The van der Waals surface area contributed by atoms with E-state index in [1.165, 1.54) is 17.7 Å². The number of aryl methyl sites for hydroxylation is 1. The summed E-state index contributed by atoms with van der Waals surface area (Å²) >= 11 is 0. The number of hydrogen-bond donors (Lipinski definition) is 1. The Labute approximate surface area is 120 Å². The lowest BCUT2D eigenvalue weighted by Crippen LogP contribution is -2.21. The van der Waals surface area contributed by atoms with Crippen molar-refractivity contribution in [2.45, 2.75) is 19.4 Å². The molecule has 0 saturated heterocycles. The van der Waals surface area contributed by atoms with Crippen LogP contribution in [-0.2, 0) is 13.0 Å². The van der Waals surface area contributed by atoms with Gasteiger partial charge in [0.1, 0.15) is 5.82 Å². The molecule has 106 valence electrons. The first-order chi connectivity index (χ1) is 9.70. The van der Waals surface area contributed by atoms with Crippen molar-refractivity contribution < 1.29 is 4.39 Å². The Hall–Kier alpha value is -1.87. The topological polar surface area (TPSA) is 29.3 Å². The van der Waals surface area contributed by atoms with E-state index in [0.717, 1.165) is 30.6 Å². The lowest BCUT2D eigenvalue weighted by atomic mass is 10.1. The number of halogens is 1. The molecule has 0 aliphatic rings. The van der Waals surface area contributed by atoms with Crippen LogP contribution in [0.25, 0.3) is 0 Å². The van der Waals surface area contributed by atoms with Crippen LogP contribution >= 0.6 is 0 Å². The van der Waals surface area contributed by atoms with E-state index in [1.807, 2.05) is 13.1 Å². The quantitative estimate of drug-likeness (QED) is 0.873. The van der Waals surface area contributed by atoms with Crippen LogP contribution in [0, 0.1) is 5.82 Å². The molecule has 0 spiro atoms. The molecule has 2 N–H and O–H groups in total. The predicted octanol–water partition coefficient (Wildman–Crippen LogP) is 3.35. The van der Waals surface area contributed by atoms with E-state index >= 15 is 0 Å². The Kier molecular flexibility index (Phi) is 5.13. The number of benzene rings is 2. The predicted molar refractivity (Wildman–Crippen MR) is 82.3 cm³/mol. The van der Waals surface area contributed by atoms with Crippen molar-refractivity contribution in [2.24, 2.45) is 5.73 Å². The van der Waals surface area contributed by atoms with Crippen LogP contribution in [0.15, 0.2) is 48.5 Å². The Morgan fingerprint density at radius 2 is 1.85 bits per heavy atom. The van der Waals surface area contributed by atoms with E-state index in [4.69, 9.17) is 5.73 Å². The van der Waals surface area contributed by atoms with E-state index in [0.29, 0.717) is 6.54 Å². The second kappa shape index (κ2) is 7.06. The molecule has 2 rings (SSSR count). The number of hydrogen-bond acceptors (Lipinski definition) is 2. The van der Waals surface area contributed by atoms with E-state index < -0.39 is 0 Å². The molecule has 0 atom stereocenters. The van der Waals surface area contributed by atoms with Gasteiger partial charge in [-0.05, 0) is 42.2 Å². The normalized spacial score (nSPS) is 10.6. The standard InChI is InChI=1S/C17H21FN2/c1-20(11-5-8-14-6-3-2-4-7-14)17-10-9-16(18)12-15(17)13-19/h2-4,6-7,9-10,12H,5,8,11,13,19H2,1H3. The van der Waals surface area contributed by atoms with E-state index in [-0.39, 0.29) is 5.82 Å². The molecular weight excluding hydrogens is 251 g/mol. The Morgan fingerprint density at radius 3 is 2.55 bits per heavy atom. The maximum Gasteiger partial charge on any atom is 0.123 e. The van der Waals surface area contributed by atoms with Gasteiger partial charge in [-0.3, -0.25) is 0 Å². The summed E-state index contributed by atoms with van der Waals surface area (Å²) in [6.45, 7) is 1.28. The average molecular weight is 272 g/mol. The smallest absolute Gasteiger partial charge is 0.123 e. The van der Waals surface area contributed by atoms with Crippen molar-refractivity contribution in [2.75, 3.05) is 18.5 Å². The van der Waals surface area contributed by atoms with Gasteiger partial charge in [0.15, 0.2) is 0 Å². The van der Waals surface area contributed by atoms with Gasteiger partial charge < -0.3 is 10.6 Å². The largest absolute Gasteiger partial charge is 0.374 e. The summed E-state index contributed by atoms with van der Waals surface area (Å²) in [4.78, 5) is 2.14. The summed E-state index contributed by atoms with van der Waals surface area (Å²) in [5.41, 5.74) is 8.90. The van der Waals surface area contributed by atoms with Crippen molar-refractivity contribution in [3.63, 3.8) is 0 Å². The molecule has 0 radical (unpaired) electrons. The fourth-order valence-electron chi connectivity index (χ4n) is 2.38. The lowest BCUT2D eigenvalue weighted by Gasteiger charge is -2.22. The second-order valence-corrected chi connectivity index (χ2v) is 4.99. The molecule has 0 heterocycles. The van der Waals surface area contributed by atoms with E-state index in [1.54, 1.807) is 6.07 Å². The minimum atomic E-state index is -0.230. The molecule has 2 aromatic carbocycles. The first-order valence-corrected chi connectivity index (χ1v) is 6.94. The third-order valence-corrected chi connectivity index (χ3v) is 3.47. The highest BCUT2D eigenvalue weighted by Crippen LogP contribution is 2.20. The van der Waals surface area contributed by atoms with Crippen LogP contribution in [0.1, 0.15) is 17.5 Å². The summed E-state index contributed by atoms with van der Waals surface area (Å²) in [6.07, 6.45) is 2.10. The van der Waals surface area contributed by atoms with Gasteiger partial charge in [-0.25, -0.2) is 4.39 Å². The molecule has 0 amide bonds. The summed E-state index contributed by atoms with van der Waals surface area (Å²) in [7, 11) is 2.03. The highest BCUT2D eigenvalue weighted by molar-refractivity contribution is 5.53. The van der Waals surface area contributed by atoms with Crippen molar-refractivity contribution in [1.82, 2.24) is 0 Å². The van der Waals surface area contributed by atoms with Crippen molar-refractivity contribution >= 4 is 5.69 Å². The SMILES string of the molecule is CN(CCCc1ccccc1)c1ccc(F)cc1CN. The zero-order chi connectivity index (χ0) is 14.4. The molecule has 0 aromatic heterocycles. The number of anilines is 1. The van der Waals surface area contributed by atoms with Crippen LogP contribution in [0.5, 0.6) is 0 Å². The van der Waals surface area contributed by atoms with Gasteiger partial charge in [-0.2, -0.15) is 0 Å². The zero-order valence-electron chi connectivity index (χ0n) is 11.8. The van der Waals surface area contributed by atoms with Gasteiger partial charge in [0.2, 0.25) is 0 Å². The second-order valence-electron chi connectivity index (χ2n) is 4.99. The number of rotatable bonds is 6. The van der Waals surface area contributed by atoms with Gasteiger partial charge >= 0.3 is 0 Å². The molecular formula is C17H21FN2. The molecule has 0 saturated carbocycles. The fourth-order valence-corrected chi connectivity index (χ4v) is 2.38. The molecule has 0 aliphatic carbocycles. The van der Waals surface area contributed by atoms with Crippen molar-refractivity contribution in [3.05, 3.63) is 65.5 Å². The zero-order valence-corrected chi connectivity index (χ0v) is 11.8. The highest BCUT2D eigenvalue weighted by atomic mass is 19.1. The Balaban J connectivity index is 1.93. The summed E-state index contributed by atoms with van der Waals surface area (Å²) < 4.78 is 13.2. The molecule has 2 aromatic rings. The summed E-state index contributed by atoms with van der Waals surface area (Å²) in [6, 6.07) is 15.2. The van der Waals surface area contributed by atoms with Crippen LogP contribution in [0.3, 0.4) is 0 Å². The summed E-state index contributed by atoms with van der Waals surface area (Å²) in [5.74, 6) is -0.230. The molecule has 2 nitrogen and oxygen atoms in total. The van der Waals surface area contributed by atoms with Gasteiger partial charge in [0.25, 0.3) is 0 Å².